The first-order valence-electron chi connectivity index (χ1n) is 10.2. The Morgan fingerprint density at radius 2 is 1.74 bits per heavy atom. The van der Waals surface area contributed by atoms with E-state index in [0.29, 0.717) is 33.4 Å². The van der Waals surface area contributed by atoms with Gasteiger partial charge in [-0.05, 0) is 42.3 Å². The number of halogens is 4. The highest BCUT2D eigenvalue weighted by Gasteiger charge is 2.34. The maximum Gasteiger partial charge on any atom is 0.451 e. The highest BCUT2D eigenvalue weighted by molar-refractivity contribution is 5.96. The predicted molar refractivity (Wildman–Crippen MR) is 119 cm³/mol. The summed E-state index contributed by atoms with van der Waals surface area (Å²) in [6.45, 7) is 1.31. The molecule has 0 spiro atoms. The molecule has 35 heavy (non-hydrogen) atoms. The van der Waals surface area contributed by atoms with Crippen molar-refractivity contribution < 1.29 is 27.1 Å². The van der Waals surface area contributed by atoms with Crippen LogP contribution in [0, 0.1) is 5.82 Å². The predicted octanol–water partition coefficient (Wildman–Crippen LogP) is 4.28. The van der Waals surface area contributed by atoms with Crippen LogP contribution >= 0.6 is 0 Å². The van der Waals surface area contributed by atoms with E-state index in [1.54, 1.807) is 31.2 Å². The van der Waals surface area contributed by atoms with Crippen LogP contribution in [0.1, 0.15) is 24.4 Å². The molecule has 0 bridgehead atoms. The summed E-state index contributed by atoms with van der Waals surface area (Å²) in [4.78, 5) is 26.6. The first-order chi connectivity index (χ1) is 16.6. The van der Waals surface area contributed by atoms with Gasteiger partial charge < -0.3 is 15.8 Å². The van der Waals surface area contributed by atoms with E-state index in [4.69, 9.17) is 10.5 Å². The number of hydrogen-bond acceptors (Lipinski definition) is 7. The number of nitrogens with zero attached hydrogens (tertiary/aromatic N) is 4. The quantitative estimate of drug-likeness (QED) is 0.375. The fourth-order valence-corrected chi connectivity index (χ4v) is 3.31. The van der Waals surface area contributed by atoms with Crippen molar-refractivity contribution in [3.8, 4) is 16.9 Å². The number of aromatic nitrogens is 4. The number of ether oxygens (including phenoxy) is 1. The molecular weight excluding hydrogens is 468 g/mol. The maximum atomic E-state index is 13.4. The van der Waals surface area contributed by atoms with Crippen molar-refractivity contribution in [1.82, 2.24) is 19.9 Å². The van der Waals surface area contributed by atoms with E-state index >= 15 is 0 Å². The Kier molecular flexibility index (Phi) is 6.45. The Bertz CT molecular complexity index is 1360. The fraction of sp³-hybridized carbons (Fsp3) is 0.174. The molecule has 0 aliphatic heterocycles. The Morgan fingerprint density at radius 3 is 2.37 bits per heavy atom. The van der Waals surface area contributed by atoms with Crippen molar-refractivity contribution in [2.45, 2.75) is 19.1 Å². The van der Waals surface area contributed by atoms with Gasteiger partial charge in [-0.25, -0.2) is 24.3 Å². The zero-order chi connectivity index (χ0) is 25.2. The first-order valence-corrected chi connectivity index (χ1v) is 10.2. The monoisotopic (exact) mass is 486 g/mol. The normalized spacial score (nSPS) is 12.4. The molecule has 2 heterocycles. The molecule has 1 amide bonds. The summed E-state index contributed by atoms with van der Waals surface area (Å²) < 4.78 is 57.3. The summed E-state index contributed by atoms with van der Waals surface area (Å²) in [5, 5.41) is 3.61. The minimum atomic E-state index is -4.64. The van der Waals surface area contributed by atoms with Crippen LogP contribution in [0.5, 0.6) is 5.75 Å². The van der Waals surface area contributed by atoms with Gasteiger partial charge in [-0.3, -0.25) is 4.79 Å². The van der Waals surface area contributed by atoms with Gasteiger partial charge >= 0.3 is 6.18 Å². The van der Waals surface area contributed by atoms with Crippen LogP contribution in [-0.2, 0) is 11.0 Å². The first kappa shape index (κ1) is 23.8. The van der Waals surface area contributed by atoms with Crippen molar-refractivity contribution in [2.75, 3.05) is 11.9 Å². The van der Waals surface area contributed by atoms with Gasteiger partial charge in [0.25, 0.3) is 5.91 Å². The van der Waals surface area contributed by atoms with Crippen LogP contribution in [0.4, 0.5) is 23.4 Å². The van der Waals surface area contributed by atoms with Crippen molar-refractivity contribution >= 4 is 22.6 Å². The maximum absolute atomic E-state index is 13.4. The van der Waals surface area contributed by atoms with Gasteiger partial charge in [0, 0.05) is 23.3 Å². The molecule has 2 aromatic heterocycles. The largest absolute Gasteiger partial charge is 0.481 e. The smallest absolute Gasteiger partial charge is 0.451 e. The third kappa shape index (κ3) is 5.42. The van der Waals surface area contributed by atoms with Crippen LogP contribution in [0.25, 0.3) is 22.0 Å². The second kappa shape index (κ2) is 9.49. The summed E-state index contributed by atoms with van der Waals surface area (Å²) >= 11 is 0. The minimum Gasteiger partial charge on any atom is -0.481 e. The molecule has 3 N–H and O–H groups in total. The third-order valence-electron chi connectivity index (χ3n) is 5.03. The van der Waals surface area contributed by atoms with Gasteiger partial charge in [0.1, 0.15) is 29.2 Å². The lowest BCUT2D eigenvalue weighted by molar-refractivity contribution is -0.145. The standard InChI is InChI=1S/C23H18F4N6O2/c1-12(15-8-29-22(30-9-15)23(25,26)27)33-21-17-6-14(13-2-4-16(24)5-3-13)7-18(35-10-19(28)34)20(17)31-11-32-21/h2-9,11-12H,10H2,1H3,(H2,28,34)(H,31,32,33)/t12-/m1/s1. The van der Waals surface area contributed by atoms with Gasteiger partial charge in [-0.15, -0.1) is 0 Å². The molecule has 0 saturated heterocycles. The molecule has 8 nitrogen and oxygen atoms in total. The molecule has 0 unspecified atom stereocenters. The number of benzene rings is 2. The van der Waals surface area contributed by atoms with Crippen molar-refractivity contribution in [1.29, 1.82) is 0 Å². The number of rotatable bonds is 7. The van der Waals surface area contributed by atoms with E-state index in [1.807, 2.05) is 0 Å². The van der Waals surface area contributed by atoms with Crippen LogP contribution in [0.2, 0.25) is 0 Å². The Morgan fingerprint density at radius 1 is 1.06 bits per heavy atom. The van der Waals surface area contributed by atoms with E-state index in [2.05, 4.69) is 25.3 Å². The van der Waals surface area contributed by atoms with Crippen LogP contribution < -0.4 is 15.8 Å². The summed E-state index contributed by atoms with van der Waals surface area (Å²) in [5.74, 6) is -1.74. The Hall–Kier alpha value is -4.35. The Labute approximate surface area is 196 Å². The molecule has 1 atom stereocenters. The molecular formula is C23H18F4N6O2. The molecule has 0 aliphatic carbocycles. The number of nitrogens with one attached hydrogen (secondary N) is 1. The van der Waals surface area contributed by atoms with Crippen LogP contribution in [-0.4, -0.2) is 32.4 Å². The van der Waals surface area contributed by atoms with Gasteiger partial charge in [0.15, 0.2) is 6.61 Å². The van der Waals surface area contributed by atoms with E-state index in [-0.39, 0.29) is 5.75 Å². The molecule has 0 aliphatic rings. The number of hydrogen-bond donors (Lipinski definition) is 2. The summed E-state index contributed by atoms with van der Waals surface area (Å²) in [6.07, 6.45) is -1.20. The van der Waals surface area contributed by atoms with E-state index in [1.165, 1.54) is 18.5 Å². The number of primary amides is 1. The zero-order valence-electron chi connectivity index (χ0n) is 18.2. The summed E-state index contributed by atoms with van der Waals surface area (Å²) in [5.41, 5.74) is 7.26. The van der Waals surface area contributed by atoms with E-state index in [0.717, 1.165) is 12.4 Å². The number of amides is 1. The summed E-state index contributed by atoms with van der Waals surface area (Å²) in [6, 6.07) is 8.62. The van der Waals surface area contributed by atoms with Crippen LogP contribution in [0.3, 0.4) is 0 Å². The van der Waals surface area contributed by atoms with Gasteiger partial charge in [-0.2, -0.15) is 13.2 Å². The fourth-order valence-electron chi connectivity index (χ4n) is 3.31. The highest BCUT2D eigenvalue weighted by Crippen LogP contribution is 2.35. The molecule has 12 heteroatoms. The van der Waals surface area contributed by atoms with Crippen molar-refractivity contribution in [3.05, 3.63) is 72.3 Å². The second-order valence-electron chi connectivity index (χ2n) is 7.56. The molecule has 0 fully saturated rings. The number of anilines is 1. The number of nitrogens with two attached hydrogens (primary N) is 1. The topological polar surface area (TPSA) is 116 Å². The molecule has 0 saturated carbocycles. The van der Waals surface area contributed by atoms with Gasteiger partial charge in [0.05, 0.1) is 6.04 Å². The zero-order valence-corrected chi connectivity index (χ0v) is 18.2. The minimum absolute atomic E-state index is 0.247. The van der Waals surface area contributed by atoms with E-state index in [9.17, 15) is 22.4 Å². The highest BCUT2D eigenvalue weighted by atomic mass is 19.4. The summed E-state index contributed by atoms with van der Waals surface area (Å²) in [7, 11) is 0. The van der Waals surface area contributed by atoms with Crippen LogP contribution in [0.15, 0.2) is 55.1 Å². The van der Waals surface area contributed by atoms with Gasteiger partial charge in [-0.1, -0.05) is 12.1 Å². The lowest BCUT2D eigenvalue weighted by Gasteiger charge is -2.18. The average molecular weight is 486 g/mol. The van der Waals surface area contributed by atoms with Crippen molar-refractivity contribution in [3.63, 3.8) is 0 Å². The van der Waals surface area contributed by atoms with E-state index < -0.39 is 36.4 Å². The van der Waals surface area contributed by atoms with Crippen molar-refractivity contribution in [2.24, 2.45) is 5.73 Å². The van der Waals surface area contributed by atoms with Gasteiger partial charge in [0.2, 0.25) is 5.82 Å². The lowest BCUT2D eigenvalue weighted by Crippen LogP contribution is -2.20. The molecule has 4 rings (SSSR count). The molecule has 0 radical (unpaired) electrons. The molecule has 180 valence electrons. The third-order valence-corrected chi connectivity index (χ3v) is 5.03. The Balaban J connectivity index is 1.74. The number of carbonyl (C=O) groups excluding carboxylic acids is 1. The molecule has 2 aromatic carbocycles. The number of carbonyl (C=O) groups is 1. The number of alkyl halides is 3. The number of fused-ring (bicyclic) bond motifs is 1. The molecule has 4 aromatic rings. The average Bonchev–Trinajstić information content (AvgIpc) is 2.82. The SMILES string of the molecule is C[C@@H](Nc1ncnc2c(OCC(N)=O)cc(-c3ccc(F)cc3)cc12)c1cnc(C(F)(F)F)nc1. The second-order valence-corrected chi connectivity index (χ2v) is 7.56. The lowest BCUT2D eigenvalue weighted by atomic mass is 10.0.